The van der Waals surface area contributed by atoms with Crippen molar-refractivity contribution in [3.05, 3.63) is 89.5 Å². The van der Waals surface area contributed by atoms with Crippen LogP contribution in [0.1, 0.15) is 17.2 Å². The van der Waals surface area contributed by atoms with Gasteiger partial charge in [-0.25, -0.2) is 13.8 Å². The Hall–Kier alpha value is -3.19. The van der Waals surface area contributed by atoms with Gasteiger partial charge in [0, 0.05) is 19.0 Å². The van der Waals surface area contributed by atoms with Gasteiger partial charge in [-0.15, -0.1) is 0 Å². The van der Waals surface area contributed by atoms with Gasteiger partial charge in [0.2, 0.25) is 5.90 Å². The third-order valence-corrected chi connectivity index (χ3v) is 5.93. The molecule has 0 saturated carbocycles. The number of hydrogen-bond acceptors (Lipinski definition) is 4. The number of ether oxygens (including phenoxy) is 1. The molecular weight excluding hydrogens is 418 g/mol. The highest BCUT2D eigenvalue weighted by atomic mass is 32.2. The summed E-state index contributed by atoms with van der Waals surface area (Å²) in [6.07, 6.45) is 0. The van der Waals surface area contributed by atoms with Crippen LogP contribution >= 0.6 is 11.8 Å². The van der Waals surface area contributed by atoms with Crippen molar-refractivity contribution >= 4 is 22.9 Å². The van der Waals surface area contributed by atoms with Gasteiger partial charge in [-0.3, -0.25) is 4.79 Å². The highest BCUT2D eigenvalue weighted by Gasteiger charge is 2.26. The smallest absolute Gasteiger partial charge is 0.285 e. The SMILES string of the molecule is CN(C)C(=O)Sc1ccc(-c2ccc([C@H]3COC(c4c(F)cccc4F)=N3)cc2)cc1. The molecule has 0 aromatic heterocycles. The van der Waals surface area contributed by atoms with Crippen LogP contribution in [-0.4, -0.2) is 36.7 Å². The van der Waals surface area contributed by atoms with Gasteiger partial charge in [0.1, 0.15) is 29.8 Å². The molecular formula is C24H20F2N2O2S. The molecule has 0 bridgehead atoms. The van der Waals surface area contributed by atoms with E-state index in [-0.39, 0.29) is 29.3 Å². The van der Waals surface area contributed by atoms with Gasteiger partial charge in [0.05, 0.1) is 0 Å². The van der Waals surface area contributed by atoms with Gasteiger partial charge in [0.25, 0.3) is 5.24 Å². The summed E-state index contributed by atoms with van der Waals surface area (Å²) in [7, 11) is 3.45. The number of benzene rings is 3. The quantitative estimate of drug-likeness (QED) is 0.475. The predicted molar refractivity (Wildman–Crippen MR) is 118 cm³/mol. The third kappa shape index (κ3) is 4.61. The predicted octanol–water partition coefficient (Wildman–Crippen LogP) is 5.92. The molecule has 0 fully saturated rings. The molecule has 0 radical (unpaired) electrons. The molecule has 1 atom stereocenters. The second kappa shape index (κ2) is 8.89. The Balaban J connectivity index is 1.49. The number of amides is 1. The summed E-state index contributed by atoms with van der Waals surface area (Å²) in [6.45, 7) is 0.230. The van der Waals surface area contributed by atoms with E-state index in [1.807, 2.05) is 48.5 Å². The first-order chi connectivity index (χ1) is 14.9. The molecule has 0 saturated heterocycles. The fraction of sp³-hybridized carbons (Fsp3) is 0.167. The summed E-state index contributed by atoms with van der Waals surface area (Å²) < 4.78 is 33.5. The summed E-state index contributed by atoms with van der Waals surface area (Å²) in [6, 6.07) is 19.0. The topological polar surface area (TPSA) is 41.9 Å². The van der Waals surface area contributed by atoms with E-state index in [0.717, 1.165) is 21.6 Å². The normalized spacial score (nSPS) is 15.4. The Morgan fingerprint density at radius 3 is 2.13 bits per heavy atom. The molecule has 4 nitrogen and oxygen atoms in total. The van der Waals surface area contributed by atoms with Crippen molar-refractivity contribution in [3.63, 3.8) is 0 Å². The molecule has 31 heavy (non-hydrogen) atoms. The van der Waals surface area contributed by atoms with Gasteiger partial charge in [-0.05, 0) is 52.7 Å². The Kier molecular flexibility index (Phi) is 6.04. The number of nitrogens with zero attached hydrogens (tertiary/aromatic N) is 2. The Labute approximate surface area is 183 Å². The minimum absolute atomic E-state index is 0.00923. The van der Waals surface area contributed by atoms with E-state index >= 15 is 0 Å². The second-order valence-corrected chi connectivity index (χ2v) is 8.29. The van der Waals surface area contributed by atoms with Crippen LogP contribution in [0.15, 0.2) is 76.6 Å². The first-order valence-corrected chi connectivity index (χ1v) is 10.5. The van der Waals surface area contributed by atoms with E-state index in [4.69, 9.17) is 4.74 Å². The monoisotopic (exact) mass is 438 g/mol. The van der Waals surface area contributed by atoms with Gasteiger partial charge in [0.15, 0.2) is 0 Å². The van der Waals surface area contributed by atoms with Crippen molar-refractivity contribution in [2.45, 2.75) is 10.9 Å². The van der Waals surface area contributed by atoms with E-state index in [1.54, 1.807) is 19.0 Å². The average Bonchev–Trinajstić information content (AvgIpc) is 3.24. The van der Waals surface area contributed by atoms with Gasteiger partial charge in [-0.2, -0.15) is 0 Å². The van der Waals surface area contributed by atoms with Crippen LogP contribution in [0.3, 0.4) is 0 Å². The van der Waals surface area contributed by atoms with E-state index in [2.05, 4.69) is 4.99 Å². The summed E-state index contributed by atoms with van der Waals surface area (Å²) in [5, 5.41) is -0.0222. The number of hydrogen-bond donors (Lipinski definition) is 0. The van der Waals surface area contributed by atoms with Crippen molar-refractivity contribution in [2.24, 2.45) is 4.99 Å². The zero-order valence-corrected chi connectivity index (χ0v) is 17.8. The van der Waals surface area contributed by atoms with Gasteiger partial charge in [-0.1, -0.05) is 42.5 Å². The molecule has 4 rings (SSSR count). The maximum Gasteiger partial charge on any atom is 0.285 e. The van der Waals surface area contributed by atoms with Gasteiger partial charge >= 0.3 is 0 Å². The molecule has 7 heteroatoms. The van der Waals surface area contributed by atoms with E-state index in [1.165, 1.54) is 30.0 Å². The molecule has 0 aliphatic carbocycles. The van der Waals surface area contributed by atoms with Crippen molar-refractivity contribution in [2.75, 3.05) is 20.7 Å². The maximum absolute atomic E-state index is 14.0. The van der Waals surface area contributed by atoms with Crippen LogP contribution in [0, 0.1) is 11.6 Å². The molecule has 1 amide bonds. The minimum Gasteiger partial charge on any atom is -0.475 e. The Morgan fingerprint density at radius 1 is 0.968 bits per heavy atom. The Bertz CT molecular complexity index is 1110. The first kappa shape index (κ1) is 21.1. The molecule has 0 N–H and O–H groups in total. The summed E-state index contributed by atoms with van der Waals surface area (Å²) in [5.74, 6) is -1.39. The number of rotatable bonds is 4. The van der Waals surface area contributed by atoms with Crippen molar-refractivity contribution in [3.8, 4) is 11.1 Å². The van der Waals surface area contributed by atoms with Crippen LogP contribution in [0.25, 0.3) is 11.1 Å². The second-order valence-electron chi connectivity index (χ2n) is 7.27. The van der Waals surface area contributed by atoms with Crippen LogP contribution < -0.4 is 0 Å². The molecule has 158 valence electrons. The van der Waals surface area contributed by atoms with E-state index < -0.39 is 11.6 Å². The van der Waals surface area contributed by atoms with E-state index in [9.17, 15) is 13.6 Å². The van der Waals surface area contributed by atoms with Crippen LogP contribution in [0.5, 0.6) is 0 Å². The summed E-state index contributed by atoms with van der Waals surface area (Å²) in [4.78, 5) is 18.6. The largest absolute Gasteiger partial charge is 0.475 e. The standard InChI is InChI=1S/C24H20F2N2O2S/c1-28(2)24(29)31-18-12-10-16(11-13-18)15-6-8-17(9-7-15)21-14-30-23(27-21)22-19(25)4-3-5-20(22)26/h3-13,21H,14H2,1-2H3/t21-/m1/s1. The molecule has 1 aliphatic rings. The maximum atomic E-state index is 14.0. The lowest BCUT2D eigenvalue weighted by molar-refractivity contribution is 0.241. The number of carbonyl (C=O) groups is 1. The lowest BCUT2D eigenvalue weighted by Crippen LogP contribution is -2.15. The van der Waals surface area contributed by atoms with Crippen LogP contribution in [0.2, 0.25) is 0 Å². The molecule has 3 aromatic carbocycles. The molecule has 0 spiro atoms. The summed E-state index contributed by atoms with van der Waals surface area (Å²) in [5.41, 5.74) is 2.71. The van der Waals surface area contributed by atoms with Gasteiger partial charge < -0.3 is 9.64 Å². The number of halogens is 2. The van der Waals surface area contributed by atoms with Crippen LogP contribution in [-0.2, 0) is 4.74 Å². The van der Waals surface area contributed by atoms with Crippen molar-refractivity contribution < 1.29 is 18.3 Å². The molecule has 3 aromatic rings. The fourth-order valence-corrected chi connectivity index (χ4v) is 3.85. The minimum atomic E-state index is -0.691. The lowest BCUT2D eigenvalue weighted by atomic mass is 10.0. The van der Waals surface area contributed by atoms with Crippen LogP contribution in [0.4, 0.5) is 13.6 Å². The highest BCUT2D eigenvalue weighted by molar-refractivity contribution is 8.13. The first-order valence-electron chi connectivity index (χ1n) is 9.67. The number of carbonyl (C=O) groups excluding carboxylic acids is 1. The molecule has 1 heterocycles. The fourth-order valence-electron chi connectivity index (χ4n) is 3.19. The highest BCUT2D eigenvalue weighted by Crippen LogP contribution is 2.30. The zero-order chi connectivity index (χ0) is 22.0. The molecule has 0 unspecified atom stereocenters. The summed E-state index contributed by atoms with van der Waals surface area (Å²) >= 11 is 1.18. The molecule has 1 aliphatic heterocycles. The zero-order valence-electron chi connectivity index (χ0n) is 17.0. The lowest BCUT2D eigenvalue weighted by Gasteiger charge is -2.10. The average molecular weight is 438 g/mol. The van der Waals surface area contributed by atoms with Crippen molar-refractivity contribution in [1.29, 1.82) is 0 Å². The Morgan fingerprint density at radius 2 is 1.55 bits per heavy atom. The number of thioether (sulfide) groups is 1. The van der Waals surface area contributed by atoms with E-state index in [0.29, 0.717) is 0 Å². The number of aliphatic imine (C=N–C) groups is 1. The third-order valence-electron chi connectivity index (χ3n) is 4.88. The van der Waals surface area contributed by atoms with Crippen molar-refractivity contribution in [1.82, 2.24) is 4.90 Å².